The van der Waals surface area contributed by atoms with E-state index in [9.17, 15) is 14.4 Å². The van der Waals surface area contributed by atoms with Gasteiger partial charge in [0.05, 0.1) is 22.8 Å². The number of rotatable bonds is 3. The van der Waals surface area contributed by atoms with Crippen LogP contribution in [0, 0.1) is 23.2 Å². The summed E-state index contributed by atoms with van der Waals surface area (Å²) in [4.78, 5) is 39.3. The summed E-state index contributed by atoms with van der Waals surface area (Å²) in [5.41, 5.74) is 4.73. The van der Waals surface area contributed by atoms with E-state index in [2.05, 4.69) is 11.8 Å². The minimum Gasteiger partial charge on any atom is -0.462 e. The van der Waals surface area contributed by atoms with Gasteiger partial charge in [-0.1, -0.05) is 24.1 Å². The first-order valence-corrected chi connectivity index (χ1v) is 10.7. The van der Waals surface area contributed by atoms with E-state index in [1.165, 1.54) is 6.26 Å². The van der Waals surface area contributed by atoms with Gasteiger partial charge in [0, 0.05) is 18.8 Å². The number of cyclic esters (lactones) is 1. The number of carbonyl (C=O) groups excluding carboxylic acids is 3. The van der Waals surface area contributed by atoms with Gasteiger partial charge >= 0.3 is 17.9 Å². The van der Waals surface area contributed by atoms with Crippen LogP contribution in [0.4, 0.5) is 0 Å². The van der Waals surface area contributed by atoms with Gasteiger partial charge in [-0.05, 0) is 38.0 Å². The molecule has 8 heteroatoms. The maximum Gasteiger partial charge on any atom is 0.338 e. The Bertz CT molecular complexity index is 1190. The molecule has 2 aromatic rings. The summed E-state index contributed by atoms with van der Waals surface area (Å²) in [7, 11) is 0. The summed E-state index contributed by atoms with van der Waals surface area (Å²) in [6.07, 6.45) is -0.714. The van der Waals surface area contributed by atoms with Crippen molar-refractivity contribution in [3.63, 3.8) is 0 Å². The summed E-state index contributed by atoms with van der Waals surface area (Å²) < 4.78 is 22.8. The standard InChI is InChI=1S/C25H23NO7/c1-3-7-17-16(10-11-30-17)18-19(32-21(27)14-8-5-4-6-9-14)20-24(2)12-15(31-22(24)28)13-25(20,26)23(29)33-18/h4-6,8-11,15,18-20H,12-13,26H2,1-2H3. The molecule has 1 aromatic carbocycles. The predicted octanol–water partition coefficient (Wildman–Crippen LogP) is 2.51. The van der Waals surface area contributed by atoms with Crippen molar-refractivity contribution in [3.05, 3.63) is 59.5 Å². The van der Waals surface area contributed by atoms with E-state index in [-0.39, 0.29) is 12.2 Å². The van der Waals surface area contributed by atoms with Gasteiger partial charge in [-0.25, -0.2) is 4.79 Å². The van der Waals surface area contributed by atoms with Gasteiger partial charge in [-0.15, -0.1) is 0 Å². The minimum absolute atomic E-state index is 0.0942. The van der Waals surface area contributed by atoms with Crippen LogP contribution in [0.3, 0.4) is 0 Å². The fraction of sp³-hybridized carbons (Fsp3) is 0.400. The monoisotopic (exact) mass is 449 g/mol. The molecule has 170 valence electrons. The number of benzene rings is 1. The van der Waals surface area contributed by atoms with Gasteiger partial charge in [0.15, 0.2) is 11.9 Å². The average molecular weight is 449 g/mol. The van der Waals surface area contributed by atoms with Gasteiger partial charge in [0.25, 0.3) is 0 Å². The Morgan fingerprint density at radius 3 is 2.61 bits per heavy atom. The first-order valence-electron chi connectivity index (χ1n) is 10.7. The van der Waals surface area contributed by atoms with Crippen LogP contribution in [0.5, 0.6) is 0 Å². The molecule has 2 aliphatic heterocycles. The molecule has 1 aromatic heterocycles. The Labute approximate surface area is 190 Å². The molecule has 33 heavy (non-hydrogen) atoms. The Morgan fingerprint density at radius 2 is 1.88 bits per heavy atom. The number of esters is 3. The number of fused-ring (bicyclic) bond motifs is 4. The number of furan rings is 1. The van der Waals surface area contributed by atoms with E-state index < -0.39 is 53.1 Å². The van der Waals surface area contributed by atoms with Crippen LogP contribution < -0.4 is 5.73 Å². The summed E-state index contributed by atoms with van der Waals surface area (Å²) in [5.74, 6) is 3.26. The normalized spacial score (nSPS) is 34.4. The van der Waals surface area contributed by atoms with Crippen molar-refractivity contribution in [1.82, 2.24) is 0 Å². The maximum absolute atomic E-state index is 13.3. The molecular weight excluding hydrogens is 426 g/mol. The highest BCUT2D eigenvalue weighted by Crippen LogP contribution is 2.58. The molecule has 3 fully saturated rings. The van der Waals surface area contributed by atoms with Crippen molar-refractivity contribution in [3.8, 4) is 11.8 Å². The summed E-state index contributed by atoms with van der Waals surface area (Å²) >= 11 is 0. The van der Waals surface area contributed by atoms with Gasteiger partial charge in [-0.3, -0.25) is 9.59 Å². The lowest BCUT2D eigenvalue weighted by Crippen LogP contribution is -2.70. The van der Waals surface area contributed by atoms with Crippen LogP contribution >= 0.6 is 0 Å². The van der Waals surface area contributed by atoms with E-state index >= 15 is 0 Å². The quantitative estimate of drug-likeness (QED) is 0.431. The zero-order valence-corrected chi connectivity index (χ0v) is 18.2. The summed E-state index contributed by atoms with van der Waals surface area (Å²) in [5, 5.41) is 0. The van der Waals surface area contributed by atoms with Crippen molar-refractivity contribution in [2.75, 3.05) is 0 Å². The molecule has 6 unspecified atom stereocenters. The van der Waals surface area contributed by atoms with Crippen LogP contribution in [0.2, 0.25) is 0 Å². The Morgan fingerprint density at radius 1 is 1.12 bits per heavy atom. The van der Waals surface area contributed by atoms with Gasteiger partial charge < -0.3 is 24.4 Å². The molecule has 0 spiro atoms. The zero-order valence-electron chi connectivity index (χ0n) is 18.2. The number of nitrogens with two attached hydrogens (primary N) is 1. The number of carbonyl (C=O) groups is 3. The smallest absolute Gasteiger partial charge is 0.338 e. The number of hydrogen-bond acceptors (Lipinski definition) is 8. The van der Waals surface area contributed by atoms with Crippen LogP contribution in [-0.4, -0.2) is 35.7 Å². The van der Waals surface area contributed by atoms with Crippen molar-refractivity contribution < 1.29 is 33.0 Å². The molecule has 1 aliphatic carbocycles. The van der Waals surface area contributed by atoms with Crippen LogP contribution in [0.15, 0.2) is 47.1 Å². The highest BCUT2D eigenvalue weighted by atomic mass is 16.6. The van der Waals surface area contributed by atoms with Crippen LogP contribution in [0.25, 0.3) is 0 Å². The summed E-state index contributed by atoms with van der Waals surface area (Å²) in [6.45, 7) is 3.36. The van der Waals surface area contributed by atoms with Gasteiger partial charge in [0.2, 0.25) is 0 Å². The highest BCUT2D eigenvalue weighted by Gasteiger charge is 2.71. The lowest BCUT2D eigenvalue weighted by atomic mass is 9.56. The molecule has 6 atom stereocenters. The molecule has 0 amide bonds. The lowest BCUT2D eigenvalue weighted by Gasteiger charge is -2.52. The van der Waals surface area contributed by atoms with Crippen LogP contribution in [-0.2, 0) is 23.8 Å². The van der Waals surface area contributed by atoms with Crippen LogP contribution in [0.1, 0.15) is 54.5 Å². The topological polar surface area (TPSA) is 118 Å². The molecule has 5 rings (SSSR count). The average Bonchev–Trinajstić information content (AvgIpc) is 3.33. The maximum atomic E-state index is 13.3. The largest absolute Gasteiger partial charge is 0.462 e. The van der Waals surface area contributed by atoms with E-state index in [1.54, 1.807) is 50.2 Å². The first-order chi connectivity index (χ1) is 15.8. The fourth-order valence-corrected chi connectivity index (χ4v) is 5.55. The number of ether oxygens (including phenoxy) is 3. The Hall–Kier alpha value is -3.57. The first kappa shape index (κ1) is 21.3. The van der Waals surface area contributed by atoms with Crippen molar-refractivity contribution in [1.29, 1.82) is 0 Å². The predicted molar refractivity (Wildman–Crippen MR) is 113 cm³/mol. The molecule has 8 nitrogen and oxygen atoms in total. The third kappa shape index (κ3) is 3.15. The van der Waals surface area contributed by atoms with E-state index in [4.69, 9.17) is 24.4 Å². The van der Waals surface area contributed by atoms with Gasteiger partial charge in [-0.2, -0.15) is 0 Å². The molecule has 0 radical (unpaired) electrons. The third-order valence-corrected chi connectivity index (χ3v) is 6.93. The van der Waals surface area contributed by atoms with E-state index in [0.717, 1.165) is 0 Å². The zero-order chi connectivity index (χ0) is 23.4. The molecule has 3 heterocycles. The second-order valence-electron chi connectivity index (χ2n) is 9.01. The van der Waals surface area contributed by atoms with E-state index in [0.29, 0.717) is 17.5 Å². The molecule has 3 aliphatic rings. The van der Waals surface area contributed by atoms with Crippen molar-refractivity contribution in [2.24, 2.45) is 17.1 Å². The third-order valence-electron chi connectivity index (χ3n) is 6.93. The van der Waals surface area contributed by atoms with E-state index in [1.807, 2.05) is 0 Å². The molecule has 2 N–H and O–H groups in total. The highest BCUT2D eigenvalue weighted by molar-refractivity contribution is 5.91. The lowest BCUT2D eigenvalue weighted by molar-refractivity contribution is -0.202. The molecule has 2 saturated heterocycles. The molecule has 1 saturated carbocycles. The minimum atomic E-state index is -1.55. The van der Waals surface area contributed by atoms with Crippen molar-refractivity contribution >= 4 is 17.9 Å². The fourth-order valence-electron chi connectivity index (χ4n) is 5.55. The van der Waals surface area contributed by atoms with Crippen molar-refractivity contribution in [2.45, 2.75) is 50.5 Å². The molecule has 2 bridgehead atoms. The second kappa shape index (κ2) is 7.49. The van der Waals surface area contributed by atoms with Gasteiger partial charge in [0.1, 0.15) is 17.7 Å². The molecular formula is C25H23NO7. The Balaban J connectivity index is 1.64. The second-order valence-corrected chi connectivity index (χ2v) is 9.01. The SMILES string of the molecule is CC#Cc1occc1C1OC(=O)C2(N)CC3CC(C)(C(=O)O3)C2C1OC(=O)c1ccccc1. The summed E-state index contributed by atoms with van der Waals surface area (Å²) in [6, 6.07) is 10.1. The Kier molecular flexibility index (Phi) is 4.83. The number of hydrogen-bond donors (Lipinski definition) is 1.